The van der Waals surface area contributed by atoms with E-state index in [1.807, 2.05) is 36.4 Å². The molecule has 0 aliphatic heterocycles. The molecule has 2 aromatic carbocycles. The monoisotopic (exact) mass is 411 g/mol. The Morgan fingerprint density at radius 2 is 1.70 bits per heavy atom. The molecule has 0 bridgehead atoms. The molecule has 0 aliphatic carbocycles. The lowest BCUT2D eigenvalue weighted by molar-refractivity contribution is -0.135. The molecule has 0 fully saturated rings. The molecule has 30 heavy (non-hydrogen) atoms. The molecule has 0 radical (unpaired) electrons. The van der Waals surface area contributed by atoms with Gasteiger partial charge >= 0.3 is 12.1 Å². The SMILES string of the molecule is CC(C)(C)OC(=O)Nc1ccc(C(=CCCOCc2ccccc2)CC(=O)O)cc1. The van der Waals surface area contributed by atoms with E-state index in [1.54, 1.807) is 45.0 Å². The summed E-state index contributed by atoms with van der Waals surface area (Å²) >= 11 is 0. The highest BCUT2D eigenvalue weighted by molar-refractivity contribution is 5.87. The van der Waals surface area contributed by atoms with Crippen molar-refractivity contribution in [2.75, 3.05) is 11.9 Å². The van der Waals surface area contributed by atoms with Gasteiger partial charge in [-0.05, 0) is 56.0 Å². The second-order valence-electron chi connectivity index (χ2n) is 7.83. The lowest BCUT2D eigenvalue weighted by atomic mass is 10.0. The number of carbonyl (C=O) groups excluding carboxylic acids is 1. The third-order valence-electron chi connectivity index (χ3n) is 4.01. The molecule has 0 atom stereocenters. The third kappa shape index (κ3) is 8.92. The van der Waals surface area contributed by atoms with E-state index in [0.717, 1.165) is 11.1 Å². The number of hydrogen-bond donors (Lipinski definition) is 2. The molecule has 6 heteroatoms. The van der Waals surface area contributed by atoms with Crippen molar-refractivity contribution in [1.82, 2.24) is 0 Å². The summed E-state index contributed by atoms with van der Waals surface area (Å²) in [6.45, 7) is 6.40. The number of anilines is 1. The number of ether oxygens (including phenoxy) is 2. The number of rotatable bonds is 9. The molecule has 2 N–H and O–H groups in total. The largest absolute Gasteiger partial charge is 0.481 e. The first-order valence-corrected chi connectivity index (χ1v) is 9.86. The maximum absolute atomic E-state index is 11.9. The van der Waals surface area contributed by atoms with Crippen LogP contribution in [0.3, 0.4) is 0 Å². The van der Waals surface area contributed by atoms with Gasteiger partial charge in [0.15, 0.2) is 0 Å². The van der Waals surface area contributed by atoms with Gasteiger partial charge in [0.1, 0.15) is 5.60 Å². The summed E-state index contributed by atoms with van der Waals surface area (Å²) in [4.78, 5) is 23.1. The highest BCUT2D eigenvalue weighted by Gasteiger charge is 2.16. The van der Waals surface area contributed by atoms with Crippen LogP contribution in [-0.4, -0.2) is 29.4 Å². The predicted molar refractivity (Wildman–Crippen MR) is 117 cm³/mol. The standard InChI is InChI=1S/C24H29NO5/c1-24(2,3)30-23(28)25-21-13-11-19(12-14-21)20(16-22(26)27)10-7-15-29-17-18-8-5-4-6-9-18/h4-6,8-14H,7,15-17H2,1-3H3,(H,25,28)(H,26,27). The molecule has 0 aromatic heterocycles. The zero-order valence-corrected chi connectivity index (χ0v) is 17.7. The molecule has 160 valence electrons. The van der Waals surface area contributed by atoms with Crippen molar-refractivity contribution in [2.24, 2.45) is 0 Å². The maximum Gasteiger partial charge on any atom is 0.412 e. The molecule has 1 amide bonds. The molecule has 0 saturated carbocycles. The van der Waals surface area contributed by atoms with Crippen molar-refractivity contribution in [3.63, 3.8) is 0 Å². The predicted octanol–water partition coefficient (Wildman–Crippen LogP) is 5.50. The highest BCUT2D eigenvalue weighted by Crippen LogP contribution is 2.22. The van der Waals surface area contributed by atoms with Crippen LogP contribution in [0.2, 0.25) is 0 Å². The van der Waals surface area contributed by atoms with E-state index in [2.05, 4.69) is 5.32 Å². The lowest BCUT2D eigenvalue weighted by Crippen LogP contribution is -2.27. The fourth-order valence-corrected chi connectivity index (χ4v) is 2.72. The number of carboxylic acids is 1. The minimum Gasteiger partial charge on any atom is -0.481 e. The van der Waals surface area contributed by atoms with Gasteiger partial charge in [-0.2, -0.15) is 0 Å². The molecule has 2 aromatic rings. The summed E-state index contributed by atoms with van der Waals surface area (Å²) in [5.41, 5.74) is 2.59. The Bertz CT molecular complexity index is 851. The minimum absolute atomic E-state index is 0.0858. The van der Waals surface area contributed by atoms with E-state index < -0.39 is 17.7 Å². The van der Waals surface area contributed by atoms with Crippen molar-refractivity contribution in [2.45, 2.75) is 45.8 Å². The van der Waals surface area contributed by atoms with Gasteiger partial charge in [-0.1, -0.05) is 48.5 Å². The van der Waals surface area contributed by atoms with Crippen molar-refractivity contribution < 1.29 is 24.2 Å². The van der Waals surface area contributed by atoms with Crippen molar-refractivity contribution in [3.05, 3.63) is 71.8 Å². The van der Waals surface area contributed by atoms with Crippen molar-refractivity contribution >= 4 is 23.3 Å². The Morgan fingerprint density at radius 1 is 1.03 bits per heavy atom. The zero-order chi connectivity index (χ0) is 22.0. The second kappa shape index (κ2) is 11.2. The Morgan fingerprint density at radius 3 is 2.30 bits per heavy atom. The Kier molecular flexibility index (Phi) is 8.62. The van der Waals surface area contributed by atoms with Gasteiger partial charge in [0.05, 0.1) is 19.6 Å². The van der Waals surface area contributed by atoms with E-state index in [4.69, 9.17) is 9.47 Å². The first kappa shape index (κ1) is 23.2. The third-order valence-corrected chi connectivity index (χ3v) is 4.01. The molecule has 0 unspecified atom stereocenters. The Hall–Kier alpha value is -3.12. The number of carboxylic acid groups (broad SMARTS) is 1. The molecule has 0 heterocycles. The number of benzene rings is 2. The lowest BCUT2D eigenvalue weighted by Gasteiger charge is -2.19. The summed E-state index contributed by atoms with van der Waals surface area (Å²) in [5, 5.41) is 11.9. The van der Waals surface area contributed by atoms with Gasteiger partial charge in [-0.15, -0.1) is 0 Å². The second-order valence-corrected chi connectivity index (χ2v) is 7.83. The topological polar surface area (TPSA) is 84.9 Å². The van der Waals surface area contributed by atoms with Gasteiger partial charge in [-0.3, -0.25) is 10.1 Å². The van der Waals surface area contributed by atoms with Gasteiger partial charge in [0.25, 0.3) is 0 Å². The number of nitrogens with one attached hydrogen (secondary N) is 1. The van der Waals surface area contributed by atoms with E-state index in [9.17, 15) is 14.7 Å². The summed E-state index contributed by atoms with van der Waals surface area (Å²) in [5.74, 6) is -0.901. The molecule has 0 aliphatic rings. The van der Waals surface area contributed by atoms with Gasteiger partial charge in [0.2, 0.25) is 0 Å². The molecule has 0 spiro atoms. The van der Waals surface area contributed by atoms with Gasteiger partial charge in [0, 0.05) is 5.69 Å². The van der Waals surface area contributed by atoms with Crippen LogP contribution < -0.4 is 5.32 Å². The molecule has 0 saturated heterocycles. The van der Waals surface area contributed by atoms with E-state index in [0.29, 0.717) is 30.9 Å². The average Bonchev–Trinajstić information content (AvgIpc) is 2.66. The number of carbonyl (C=O) groups is 2. The normalized spacial score (nSPS) is 11.8. The van der Waals surface area contributed by atoms with Crippen LogP contribution in [0.4, 0.5) is 10.5 Å². The van der Waals surface area contributed by atoms with Crippen LogP contribution >= 0.6 is 0 Å². The molecular weight excluding hydrogens is 382 g/mol. The zero-order valence-electron chi connectivity index (χ0n) is 17.7. The number of amides is 1. The number of hydrogen-bond acceptors (Lipinski definition) is 4. The van der Waals surface area contributed by atoms with Gasteiger partial charge < -0.3 is 14.6 Å². The van der Waals surface area contributed by atoms with E-state index in [-0.39, 0.29) is 6.42 Å². The number of aliphatic carboxylic acids is 1. The maximum atomic E-state index is 11.9. The first-order valence-electron chi connectivity index (χ1n) is 9.86. The smallest absolute Gasteiger partial charge is 0.412 e. The summed E-state index contributed by atoms with van der Waals surface area (Å²) in [6, 6.07) is 16.9. The van der Waals surface area contributed by atoms with Crippen LogP contribution in [0.25, 0.3) is 5.57 Å². The first-order chi connectivity index (χ1) is 14.2. The average molecular weight is 411 g/mol. The fourth-order valence-electron chi connectivity index (χ4n) is 2.72. The van der Waals surface area contributed by atoms with Crippen LogP contribution in [0.1, 0.15) is 44.7 Å². The minimum atomic E-state index is -0.901. The van der Waals surface area contributed by atoms with Crippen LogP contribution in [0, 0.1) is 0 Å². The summed E-state index contributed by atoms with van der Waals surface area (Å²) in [6.07, 6.45) is 1.87. The Labute approximate surface area is 177 Å². The summed E-state index contributed by atoms with van der Waals surface area (Å²) in [7, 11) is 0. The van der Waals surface area contributed by atoms with Crippen LogP contribution in [0.5, 0.6) is 0 Å². The van der Waals surface area contributed by atoms with Crippen LogP contribution in [-0.2, 0) is 20.9 Å². The quantitative estimate of drug-likeness (QED) is 0.532. The molecule has 6 nitrogen and oxygen atoms in total. The summed E-state index contributed by atoms with van der Waals surface area (Å²) < 4.78 is 10.9. The Balaban J connectivity index is 1.94. The van der Waals surface area contributed by atoms with Crippen molar-refractivity contribution in [1.29, 1.82) is 0 Å². The van der Waals surface area contributed by atoms with Gasteiger partial charge in [-0.25, -0.2) is 4.79 Å². The highest BCUT2D eigenvalue weighted by atomic mass is 16.6. The van der Waals surface area contributed by atoms with Crippen molar-refractivity contribution in [3.8, 4) is 0 Å². The molecular formula is C24H29NO5. The van der Waals surface area contributed by atoms with E-state index in [1.165, 1.54) is 0 Å². The fraction of sp³-hybridized carbons (Fsp3) is 0.333. The molecule has 2 rings (SSSR count). The van der Waals surface area contributed by atoms with Crippen LogP contribution in [0.15, 0.2) is 60.7 Å². The van der Waals surface area contributed by atoms with E-state index >= 15 is 0 Å².